The van der Waals surface area contributed by atoms with Gasteiger partial charge in [0.25, 0.3) is 0 Å². The van der Waals surface area contributed by atoms with Crippen LogP contribution in [0.5, 0.6) is 5.75 Å². The molecular formula is C18H23Cl8O3P. The van der Waals surface area contributed by atoms with E-state index >= 15 is 0 Å². The van der Waals surface area contributed by atoms with Crippen LogP contribution in [0.25, 0.3) is 0 Å². The Morgan fingerprint density at radius 2 is 1.17 bits per heavy atom. The van der Waals surface area contributed by atoms with Gasteiger partial charge in [-0.25, -0.2) is 0 Å². The van der Waals surface area contributed by atoms with Crippen molar-refractivity contribution in [3.63, 3.8) is 0 Å². The van der Waals surface area contributed by atoms with Gasteiger partial charge in [-0.1, -0.05) is 126 Å². The molecule has 0 spiro atoms. The van der Waals surface area contributed by atoms with Crippen molar-refractivity contribution >= 4 is 101 Å². The fraction of sp³-hybridized carbons (Fsp3) is 0.667. The predicted octanol–water partition coefficient (Wildman–Crippen LogP) is 10.1. The minimum Gasteiger partial charge on any atom is -0.427 e. The minimum absolute atomic E-state index is 0.00704. The van der Waals surface area contributed by atoms with E-state index in [0.29, 0.717) is 5.75 Å². The summed E-state index contributed by atoms with van der Waals surface area (Å²) in [5.74, 6) is 0.532. The Hall–Kier alpha value is 1.69. The second-order valence-electron chi connectivity index (χ2n) is 7.43. The first-order chi connectivity index (χ1) is 13.5. The molecule has 0 N–H and O–H groups in total. The molecule has 0 saturated heterocycles. The number of rotatable bonds is 10. The van der Waals surface area contributed by atoms with Crippen molar-refractivity contribution in [3.8, 4) is 5.75 Å². The normalized spacial score (nSPS) is 16.2. The lowest BCUT2D eigenvalue weighted by atomic mass is 9.87. The largest absolute Gasteiger partial charge is 0.427 e. The average molecular weight is 602 g/mol. The van der Waals surface area contributed by atoms with Gasteiger partial charge in [-0.15, -0.1) is 0 Å². The van der Waals surface area contributed by atoms with Gasteiger partial charge in [-0.2, -0.15) is 0 Å². The molecule has 0 aliphatic heterocycles. The zero-order chi connectivity index (χ0) is 23.2. The van der Waals surface area contributed by atoms with Crippen molar-refractivity contribution in [1.82, 2.24) is 0 Å². The molecule has 0 aliphatic rings. The molecule has 12 heteroatoms. The fourth-order valence-electron chi connectivity index (χ4n) is 2.02. The maximum absolute atomic E-state index is 6.22. The summed E-state index contributed by atoms with van der Waals surface area (Å²) in [5, 5.41) is 0. The topological polar surface area (TPSA) is 27.7 Å². The monoisotopic (exact) mass is 598 g/mol. The lowest BCUT2D eigenvalue weighted by Crippen LogP contribution is -2.14. The van der Waals surface area contributed by atoms with Crippen molar-refractivity contribution in [2.75, 3.05) is 0 Å². The third kappa shape index (κ3) is 14.1. The highest BCUT2D eigenvalue weighted by molar-refractivity contribution is 7.42. The molecule has 0 saturated carbocycles. The molecule has 0 bridgehead atoms. The van der Waals surface area contributed by atoms with Crippen LogP contribution >= 0.6 is 101 Å². The van der Waals surface area contributed by atoms with Crippen molar-refractivity contribution in [1.29, 1.82) is 0 Å². The molecule has 2 unspecified atom stereocenters. The van der Waals surface area contributed by atoms with Crippen LogP contribution in [0, 0.1) is 0 Å². The summed E-state index contributed by atoms with van der Waals surface area (Å²) in [4.78, 5) is 0. The van der Waals surface area contributed by atoms with E-state index in [1.165, 1.54) is 0 Å². The van der Waals surface area contributed by atoms with Crippen molar-refractivity contribution < 1.29 is 13.6 Å². The van der Waals surface area contributed by atoms with Crippen molar-refractivity contribution in [2.24, 2.45) is 0 Å². The van der Waals surface area contributed by atoms with Gasteiger partial charge in [-0.3, -0.25) is 9.05 Å². The molecule has 30 heavy (non-hydrogen) atoms. The lowest BCUT2D eigenvalue weighted by molar-refractivity contribution is 0.166. The van der Waals surface area contributed by atoms with E-state index in [1.54, 1.807) is 0 Å². The van der Waals surface area contributed by atoms with E-state index in [2.05, 4.69) is 20.8 Å². The molecule has 1 aromatic carbocycles. The van der Waals surface area contributed by atoms with Gasteiger partial charge in [0.1, 0.15) is 16.9 Å². The first-order valence-electron chi connectivity index (χ1n) is 8.89. The summed E-state index contributed by atoms with van der Waals surface area (Å²) < 4.78 is 14.3. The van der Waals surface area contributed by atoms with Crippen LogP contribution in [-0.4, -0.2) is 18.7 Å². The molecule has 3 nitrogen and oxygen atoms in total. The van der Waals surface area contributed by atoms with Crippen LogP contribution in [0.1, 0.15) is 52.0 Å². The van der Waals surface area contributed by atoms with E-state index in [-0.39, 0.29) is 31.1 Å². The van der Waals surface area contributed by atoms with E-state index in [9.17, 15) is 0 Å². The molecule has 2 atom stereocenters. The number of alkyl halides is 8. The van der Waals surface area contributed by atoms with Gasteiger partial charge in [0.15, 0.2) is 7.59 Å². The number of halogens is 8. The molecule has 0 amide bonds. The van der Waals surface area contributed by atoms with E-state index < -0.39 is 27.3 Å². The highest BCUT2D eigenvalue weighted by atomic mass is 35.6. The fourth-order valence-corrected chi connectivity index (χ4v) is 4.29. The summed E-state index contributed by atoms with van der Waals surface area (Å²) in [5.41, 5.74) is -0.486. The molecule has 0 fully saturated rings. The van der Waals surface area contributed by atoms with Crippen molar-refractivity contribution in [2.45, 2.75) is 70.6 Å². The molecule has 1 aromatic rings. The summed E-state index contributed by atoms with van der Waals surface area (Å²) in [6, 6.07) is 7.56. The lowest BCUT2D eigenvalue weighted by Gasteiger charge is -2.24. The SMILES string of the molecule is CC(C)(C)c1ccc(OP(OC(Cl)CCC(Cl)(Cl)Cl)OC(Cl)CCC(Cl)(Cl)Cl)cc1. The van der Waals surface area contributed by atoms with Crippen LogP contribution in [0.15, 0.2) is 24.3 Å². The van der Waals surface area contributed by atoms with Gasteiger partial charge in [0, 0.05) is 0 Å². The maximum atomic E-state index is 6.22. The standard InChI is InChI=1S/C18H23Cl8O3P/c1-16(2,3)12-4-6-13(7-5-12)27-30(28-14(19)8-10-17(21,22)23)29-15(20)9-11-18(24,25)26/h4-7,14-15H,8-11H2,1-3H3. The molecule has 174 valence electrons. The van der Waals surface area contributed by atoms with Gasteiger partial charge in [0.05, 0.1) is 0 Å². The van der Waals surface area contributed by atoms with E-state index in [0.717, 1.165) is 5.56 Å². The third-order valence-corrected chi connectivity index (χ3v) is 6.82. The van der Waals surface area contributed by atoms with Gasteiger partial charge < -0.3 is 4.52 Å². The summed E-state index contributed by atoms with van der Waals surface area (Å²) in [6.45, 7) is 6.36. The molecule has 0 aromatic heterocycles. The van der Waals surface area contributed by atoms with Gasteiger partial charge in [0.2, 0.25) is 0 Å². The second-order valence-corrected chi connectivity index (χ2v) is 14.5. The van der Waals surface area contributed by atoms with Gasteiger partial charge >= 0.3 is 8.60 Å². The maximum Gasteiger partial charge on any atom is 0.400 e. The molecule has 0 aliphatic carbocycles. The smallest absolute Gasteiger partial charge is 0.400 e. The Labute approximate surface area is 219 Å². The summed E-state index contributed by atoms with van der Waals surface area (Å²) in [7, 11) is -1.97. The predicted molar refractivity (Wildman–Crippen MR) is 133 cm³/mol. The Balaban J connectivity index is 2.80. The van der Waals surface area contributed by atoms with Crippen LogP contribution < -0.4 is 4.52 Å². The highest BCUT2D eigenvalue weighted by Gasteiger charge is 2.29. The zero-order valence-electron chi connectivity index (χ0n) is 16.5. The molecule has 1 rings (SSSR count). The quantitative estimate of drug-likeness (QED) is 0.197. The second kappa shape index (κ2) is 13.0. The Morgan fingerprint density at radius 3 is 1.50 bits per heavy atom. The minimum atomic E-state index is -1.97. The third-order valence-electron chi connectivity index (χ3n) is 3.61. The van der Waals surface area contributed by atoms with Crippen LogP contribution in [0.2, 0.25) is 0 Å². The first-order valence-corrected chi connectivity index (χ1v) is 13.1. The number of hydrogen-bond donors (Lipinski definition) is 0. The van der Waals surface area contributed by atoms with Crippen LogP contribution in [0.4, 0.5) is 0 Å². The zero-order valence-corrected chi connectivity index (χ0v) is 23.4. The first kappa shape index (κ1) is 29.7. The van der Waals surface area contributed by atoms with E-state index in [1.807, 2.05) is 24.3 Å². The Kier molecular flexibility index (Phi) is 12.8. The number of hydrogen-bond acceptors (Lipinski definition) is 3. The summed E-state index contributed by atoms with van der Waals surface area (Å²) >= 11 is 47.0. The van der Waals surface area contributed by atoms with E-state index in [4.69, 9.17) is 106 Å². The van der Waals surface area contributed by atoms with Crippen molar-refractivity contribution in [3.05, 3.63) is 29.8 Å². The summed E-state index contributed by atoms with van der Waals surface area (Å²) in [6.07, 6.45) is 0.890. The Morgan fingerprint density at radius 1 is 0.767 bits per heavy atom. The molecular weight excluding hydrogens is 579 g/mol. The average Bonchev–Trinajstić information content (AvgIpc) is 2.56. The Bertz CT molecular complexity index is 602. The highest BCUT2D eigenvalue weighted by Crippen LogP contribution is 2.47. The van der Waals surface area contributed by atoms with Crippen LogP contribution in [-0.2, 0) is 14.5 Å². The molecule has 0 radical (unpaired) electrons. The molecule has 0 heterocycles. The van der Waals surface area contributed by atoms with Gasteiger partial charge in [-0.05, 0) is 48.8 Å². The number of benzene rings is 1. The van der Waals surface area contributed by atoms with Crippen LogP contribution in [0.3, 0.4) is 0 Å².